The van der Waals surface area contributed by atoms with Gasteiger partial charge in [0, 0.05) is 5.56 Å². The minimum atomic E-state index is -0.509. The molecule has 2 aromatic rings. The lowest BCUT2D eigenvalue weighted by atomic mass is 10.0. The summed E-state index contributed by atoms with van der Waals surface area (Å²) in [6.45, 7) is 7.81. The monoisotopic (exact) mass is 286 g/mol. The first-order chi connectivity index (χ1) is 9.88. The van der Waals surface area contributed by atoms with Crippen molar-refractivity contribution in [2.24, 2.45) is 0 Å². The van der Waals surface area contributed by atoms with E-state index in [-0.39, 0.29) is 11.5 Å². The van der Waals surface area contributed by atoms with E-state index in [9.17, 15) is 9.18 Å². The van der Waals surface area contributed by atoms with Crippen LogP contribution in [0, 0.1) is 26.6 Å². The molecule has 0 fully saturated rings. The molecule has 0 unspecified atom stereocenters. The maximum absolute atomic E-state index is 13.9. The fourth-order valence-electron chi connectivity index (χ4n) is 2.42. The fraction of sp³-hybridized carbons (Fsp3) is 0.278. The second kappa shape index (κ2) is 6.08. The topological polar surface area (TPSA) is 26.3 Å². The lowest BCUT2D eigenvalue weighted by Crippen LogP contribution is -2.03. The molecule has 0 N–H and O–H groups in total. The number of hydrogen-bond acceptors (Lipinski definition) is 2. The first kappa shape index (κ1) is 15.2. The van der Waals surface area contributed by atoms with Gasteiger partial charge in [-0.05, 0) is 62.6 Å². The Morgan fingerprint density at radius 2 is 1.71 bits per heavy atom. The molecule has 0 aliphatic carbocycles. The molecule has 0 aliphatic rings. The average Bonchev–Trinajstić information content (AvgIpc) is 2.38. The molecule has 0 radical (unpaired) electrons. The summed E-state index contributed by atoms with van der Waals surface area (Å²) in [5.41, 5.74) is 4.88. The predicted octanol–water partition coefficient (Wildman–Crippen LogP) is 4.53. The fourth-order valence-corrected chi connectivity index (χ4v) is 2.42. The van der Waals surface area contributed by atoms with Crippen LogP contribution in [0.25, 0.3) is 0 Å². The Hall–Kier alpha value is -2.16. The van der Waals surface area contributed by atoms with Gasteiger partial charge in [-0.1, -0.05) is 17.7 Å². The second-order valence-electron chi connectivity index (χ2n) is 5.37. The molecule has 0 spiro atoms. The highest BCUT2D eigenvalue weighted by Crippen LogP contribution is 2.22. The highest BCUT2D eigenvalue weighted by Gasteiger charge is 2.10. The van der Waals surface area contributed by atoms with Crippen LogP contribution >= 0.6 is 0 Å². The zero-order chi connectivity index (χ0) is 15.6. The van der Waals surface area contributed by atoms with Crippen LogP contribution in [0.2, 0.25) is 0 Å². The van der Waals surface area contributed by atoms with Crippen LogP contribution in [0.4, 0.5) is 4.39 Å². The molecule has 3 heteroatoms. The third-order valence-electron chi connectivity index (χ3n) is 3.55. The number of benzene rings is 2. The zero-order valence-corrected chi connectivity index (χ0v) is 12.8. The molecular weight excluding hydrogens is 267 g/mol. The van der Waals surface area contributed by atoms with Crippen molar-refractivity contribution in [3.8, 4) is 5.75 Å². The molecule has 0 amide bonds. The summed E-state index contributed by atoms with van der Waals surface area (Å²) in [5, 5.41) is 0. The Balaban J connectivity index is 2.19. The molecule has 2 rings (SSSR count). The summed E-state index contributed by atoms with van der Waals surface area (Å²) in [7, 11) is 0. The van der Waals surface area contributed by atoms with Crippen LogP contribution in [0.3, 0.4) is 0 Å². The van der Waals surface area contributed by atoms with E-state index in [1.165, 1.54) is 24.6 Å². The molecule has 21 heavy (non-hydrogen) atoms. The van der Waals surface area contributed by atoms with Crippen LogP contribution in [0.15, 0.2) is 30.3 Å². The maximum Gasteiger partial charge on any atom is 0.165 e. The number of rotatable bonds is 4. The molecule has 0 heterocycles. The second-order valence-corrected chi connectivity index (χ2v) is 5.37. The van der Waals surface area contributed by atoms with E-state index in [2.05, 4.69) is 12.1 Å². The smallest absolute Gasteiger partial charge is 0.165 e. The summed E-state index contributed by atoms with van der Waals surface area (Å²) in [5.74, 6) is -0.504. The van der Waals surface area contributed by atoms with Gasteiger partial charge in [0.25, 0.3) is 0 Å². The van der Waals surface area contributed by atoms with Gasteiger partial charge in [-0.25, -0.2) is 4.39 Å². The molecule has 110 valence electrons. The van der Waals surface area contributed by atoms with Gasteiger partial charge in [-0.2, -0.15) is 0 Å². The Labute approximate surface area is 124 Å². The highest BCUT2D eigenvalue weighted by atomic mass is 19.1. The Morgan fingerprint density at radius 3 is 2.24 bits per heavy atom. The van der Waals surface area contributed by atoms with E-state index in [0.717, 1.165) is 16.7 Å². The van der Waals surface area contributed by atoms with Crippen molar-refractivity contribution in [3.63, 3.8) is 0 Å². The van der Waals surface area contributed by atoms with Crippen LogP contribution in [0.5, 0.6) is 5.75 Å². The quantitative estimate of drug-likeness (QED) is 0.772. The molecule has 0 bridgehead atoms. The van der Waals surface area contributed by atoms with Crippen molar-refractivity contribution < 1.29 is 13.9 Å². The lowest BCUT2D eigenvalue weighted by molar-refractivity contribution is 0.101. The van der Waals surface area contributed by atoms with Gasteiger partial charge in [-0.3, -0.25) is 4.79 Å². The van der Waals surface area contributed by atoms with Gasteiger partial charge in [0.2, 0.25) is 0 Å². The standard InChI is InChI=1S/C18H19FO2/c1-11-7-12(2)16(13(3)8-11)10-21-18-6-5-15(14(4)20)9-17(18)19/h5-9H,10H2,1-4H3. The molecule has 0 aliphatic heterocycles. The van der Waals surface area contributed by atoms with Crippen molar-refractivity contribution in [1.29, 1.82) is 0 Å². The SMILES string of the molecule is CC(=O)c1ccc(OCc2c(C)cc(C)cc2C)c(F)c1. The molecule has 0 aromatic heterocycles. The molecule has 2 aromatic carbocycles. The number of hydrogen-bond donors (Lipinski definition) is 0. The number of carbonyl (C=O) groups excluding carboxylic acids is 1. The van der Waals surface area contributed by atoms with Gasteiger partial charge in [0.15, 0.2) is 17.3 Å². The number of ketones is 1. The molecule has 0 saturated carbocycles. The zero-order valence-electron chi connectivity index (χ0n) is 12.8. The number of aryl methyl sites for hydroxylation is 3. The molecule has 2 nitrogen and oxygen atoms in total. The van der Waals surface area contributed by atoms with Gasteiger partial charge in [-0.15, -0.1) is 0 Å². The predicted molar refractivity (Wildman–Crippen MR) is 81.4 cm³/mol. The van der Waals surface area contributed by atoms with E-state index in [0.29, 0.717) is 12.2 Å². The van der Waals surface area contributed by atoms with Crippen LogP contribution in [0.1, 0.15) is 39.5 Å². The third-order valence-corrected chi connectivity index (χ3v) is 3.55. The summed E-state index contributed by atoms with van der Waals surface area (Å²) in [6, 6.07) is 8.47. The largest absolute Gasteiger partial charge is 0.486 e. The average molecular weight is 286 g/mol. The van der Waals surface area contributed by atoms with E-state index in [1.54, 1.807) is 6.07 Å². The Morgan fingerprint density at radius 1 is 1.10 bits per heavy atom. The lowest BCUT2D eigenvalue weighted by Gasteiger charge is -2.13. The molecule has 0 atom stereocenters. The number of ether oxygens (including phenoxy) is 1. The van der Waals surface area contributed by atoms with Gasteiger partial charge in [0.05, 0.1) is 0 Å². The van der Waals surface area contributed by atoms with Gasteiger partial charge < -0.3 is 4.74 Å². The number of Topliss-reactive ketones (excluding diaryl/α,β-unsaturated/α-hetero) is 1. The van der Waals surface area contributed by atoms with Gasteiger partial charge >= 0.3 is 0 Å². The van der Waals surface area contributed by atoms with E-state index < -0.39 is 5.82 Å². The van der Waals surface area contributed by atoms with E-state index in [4.69, 9.17) is 4.74 Å². The minimum absolute atomic E-state index is 0.161. The number of halogens is 1. The van der Waals surface area contributed by atoms with Crippen molar-refractivity contribution in [3.05, 3.63) is 64.0 Å². The maximum atomic E-state index is 13.9. The van der Waals surface area contributed by atoms with Crippen LogP contribution in [-0.4, -0.2) is 5.78 Å². The first-order valence-electron chi connectivity index (χ1n) is 6.88. The van der Waals surface area contributed by atoms with Gasteiger partial charge in [0.1, 0.15) is 6.61 Å². The van der Waals surface area contributed by atoms with Crippen LogP contribution in [-0.2, 0) is 6.61 Å². The third kappa shape index (κ3) is 3.48. The summed E-state index contributed by atoms with van der Waals surface area (Å²) in [4.78, 5) is 11.2. The highest BCUT2D eigenvalue weighted by molar-refractivity contribution is 5.94. The molecule has 0 saturated heterocycles. The summed E-state index contributed by atoms with van der Waals surface area (Å²) in [6.07, 6.45) is 0. The minimum Gasteiger partial charge on any atom is -0.486 e. The van der Waals surface area contributed by atoms with E-state index in [1.807, 2.05) is 20.8 Å². The van der Waals surface area contributed by atoms with Crippen molar-refractivity contribution >= 4 is 5.78 Å². The van der Waals surface area contributed by atoms with Crippen molar-refractivity contribution in [1.82, 2.24) is 0 Å². The van der Waals surface area contributed by atoms with Crippen molar-refractivity contribution in [2.45, 2.75) is 34.3 Å². The normalized spacial score (nSPS) is 10.5. The Kier molecular flexibility index (Phi) is 4.41. The summed E-state index contributed by atoms with van der Waals surface area (Å²) >= 11 is 0. The van der Waals surface area contributed by atoms with Crippen LogP contribution < -0.4 is 4.74 Å². The van der Waals surface area contributed by atoms with Crippen molar-refractivity contribution in [2.75, 3.05) is 0 Å². The number of carbonyl (C=O) groups is 1. The molecular formula is C18H19FO2. The Bertz CT molecular complexity index is 667. The summed E-state index contributed by atoms with van der Waals surface area (Å²) < 4.78 is 19.5. The first-order valence-corrected chi connectivity index (χ1v) is 6.88. The van der Waals surface area contributed by atoms with E-state index >= 15 is 0 Å².